The molecule has 0 fully saturated rings. The maximum Gasteiger partial charge on any atom is 0.323 e. The summed E-state index contributed by atoms with van der Waals surface area (Å²) in [6.07, 6.45) is 3.57. The Morgan fingerprint density at radius 3 is 2.13 bits per heavy atom. The van der Waals surface area contributed by atoms with E-state index in [1.807, 2.05) is 13.8 Å². The molecule has 0 bridgehead atoms. The van der Waals surface area contributed by atoms with Crippen LogP contribution >= 0.6 is 0 Å². The lowest BCUT2D eigenvalue weighted by molar-refractivity contribution is -0.145. The number of hydrogen-bond donors (Lipinski definition) is 3. The van der Waals surface area contributed by atoms with E-state index in [2.05, 4.69) is 5.32 Å². The van der Waals surface area contributed by atoms with E-state index in [1.54, 1.807) is 0 Å². The minimum atomic E-state index is -0.793. The van der Waals surface area contributed by atoms with Crippen molar-refractivity contribution < 1.29 is 15.0 Å². The van der Waals surface area contributed by atoms with Crippen LogP contribution in [0.25, 0.3) is 0 Å². The molecule has 0 aliphatic rings. The highest BCUT2D eigenvalue weighted by Crippen LogP contribution is 2.20. The Balaban J connectivity index is 4.40. The van der Waals surface area contributed by atoms with E-state index in [0.717, 1.165) is 12.8 Å². The first-order chi connectivity index (χ1) is 7.13. The third-order valence-electron chi connectivity index (χ3n) is 2.56. The lowest BCUT2D eigenvalue weighted by Crippen LogP contribution is -2.52. The summed E-state index contributed by atoms with van der Waals surface area (Å²) in [6, 6.07) is 0. The first-order valence-corrected chi connectivity index (χ1v) is 5.72. The number of hydrogen-bond acceptors (Lipinski definition) is 3. The zero-order valence-corrected chi connectivity index (χ0v) is 9.75. The number of aliphatic hydroxyl groups is 1. The second-order valence-electron chi connectivity index (χ2n) is 3.89. The molecular formula is C11H23NO3. The number of carboxylic acid groups (broad SMARTS) is 1. The molecule has 0 unspecified atom stereocenters. The summed E-state index contributed by atoms with van der Waals surface area (Å²) in [7, 11) is 0. The molecule has 0 radical (unpaired) electrons. The molecule has 0 saturated heterocycles. The number of carbonyl (C=O) groups is 1. The van der Waals surface area contributed by atoms with Gasteiger partial charge in [0.15, 0.2) is 0 Å². The first-order valence-electron chi connectivity index (χ1n) is 5.72. The van der Waals surface area contributed by atoms with Crippen LogP contribution in [0, 0.1) is 0 Å². The van der Waals surface area contributed by atoms with Crippen LogP contribution in [0.5, 0.6) is 0 Å². The molecule has 0 heterocycles. The highest BCUT2D eigenvalue weighted by atomic mass is 16.4. The maximum absolute atomic E-state index is 11.3. The fraction of sp³-hybridized carbons (Fsp3) is 0.909. The minimum absolute atomic E-state index is 0.0982. The van der Waals surface area contributed by atoms with Gasteiger partial charge in [-0.2, -0.15) is 0 Å². The van der Waals surface area contributed by atoms with Crippen LogP contribution in [0.3, 0.4) is 0 Å². The van der Waals surface area contributed by atoms with E-state index in [4.69, 9.17) is 5.11 Å². The predicted octanol–water partition coefficient (Wildman–Crippen LogP) is 1.38. The van der Waals surface area contributed by atoms with Gasteiger partial charge in [-0.3, -0.25) is 4.79 Å². The molecule has 0 saturated carbocycles. The maximum atomic E-state index is 11.3. The SMILES string of the molecule is CCCC(CCC)(NCCCO)C(=O)O. The van der Waals surface area contributed by atoms with Crippen molar-refractivity contribution in [3.05, 3.63) is 0 Å². The average molecular weight is 217 g/mol. The Hall–Kier alpha value is -0.610. The van der Waals surface area contributed by atoms with Crippen molar-refractivity contribution in [2.45, 2.75) is 51.5 Å². The standard InChI is InChI=1S/C11H23NO3/c1-3-6-11(7-4-2,10(14)15)12-8-5-9-13/h12-13H,3-9H2,1-2H3,(H,14,15). The fourth-order valence-corrected chi connectivity index (χ4v) is 1.85. The smallest absolute Gasteiger partial charge is 0.323 e. The van der Waals surface area contributed by atoms with Gasteiger partial charge in [0, 0.05) is 6.61 Å². The van der Waals surface area contributed by atoms with Gasteiger partial charge in [0.05, 0.1) is 0 Å². The van der Waals surface area contributed by atoms with Crippen LogP contribution in [0.4, 0.5) is 0 Å². The van der Waals surface area contributed by atoms with Crippen molar-refractivity contribution in [3.63, 3.8) is 0 Å². The van der Waals surface area contributed by atoms with Crippen LogP contribution in [-0.2, 0) is 4.79 Å². The molecule has 0 aliphatic carbocycles. The van der Waals surface area contributed by atoms with E-state index in [0.29, 0.717) is 25.8 Å². The summed E-state index contributed by atoms with van der Waals surface area (Å²) in [5.41, 5.74) is -0.793. The van der Waals surface area contributed by atoms with Gasteiger partial charge < -0.3 is 15.5 Å². The second kappa shape index (κ2) is 7.65. The highest BCUT2D eigenvalue weighted by molar-refractivity contribution is 5.78. The third-order valence-corrected chi connectivity index (χ3v) is 2.56. The van der Waals surface area contributed by atoms with Gasteiger partial charge in [-0.25, -0.2) is 0 Å². The average Bonchev–Trinajstić information content (AvgIpc) is 2.18. The molecule has 0 aromatic carbocycles. The summed E-state index contributed by atoms with van der Waals surface area (Å²) in [6.45, 7) is 4.63. The van der Waals surface area contributed by atoms with E-state index in [-0.39, 0.29) is 6.61 Å². The van der Waals surface area contributed by atoms with E-state index in [1.165, 1.54) is 0 Å². The van der Waals surface area contributed by atoms with Crippen molar-refractivity contribution in [1.29, 1.82) is 0 Å². The largest absolute Gasteiger partial charge is 0.480 e. The quantitative estimate of drug-likeness (QED) is 0.510. The Kier molecular flexibility index (Phi) is 7.34. The van der Waals surface area contributed by atoms with Gasteiger partial charge >= 0.3 is 5.97 Å². The number of nitrogens with one attached hydrogen (secondary N) is 1. The topological polar surface area (TPSA) is 69.6 Å². The van der Waals surface area contributed by atoms with Gasteiger partial charge in [-0.15, -0.1) is 0 Å². The monoisotopic (exact) mass is 217 g/mol. The molecule has 0 aromatic heterocycles. The van der Waals surface area contributed by atoms with E-state index < -0.39 is 11.5 Å². The molecule has 0 aliphatic heterocycles. The van der Waals surface area contributed by atoms with E-state index in [9.17, 15) is 9.90 Å². The van der Waals surface area contributed by atoms with Gasteiger partial charge in [-0.05, 0) is 25.8 Å². The van der Waals surface area contributed by atoms with Crippen molar-refractivity contribution >= 4 is 5.97 Å². The fourth-order valence-electron chi connectivity index (χ4n) is 1.85. The zero-order chi connectivity index (χ0) is 11.7. The Morgan fingerprint density at radius 1 is 1.27 bits per heavy atom. The van der Waals surface area contributed by atoms with Gasteiger partial charge in [0.25, 0.3) is 0 Å². The van der Waals surface area contributed by atoms with Crippen molar-refractivity contribution in [2.24, 2.45) is 0 Å². The van der Waals surface area contributed by atoms with Crippen LogP contribution in [0.15, 0.2) is 0 Å². The molecule has 4 nitrogen and oxygen atoms in total. The Morgan fingerprint density at radius 2 is 1.80 bits per heavy atom. The number of aliphatic carboxylic acids is 1. The Labute approximate surface area is 91.7 Å². The zero-order valence-electron chi connectivity index (χ0n) is 9.75. The molecule has 4 heteroatoms. The van der Waals surface area contributed by atoms with E-state index >= 15 is 0 Å². The Bertz CT molecular complexity index is 177. The lowest BCUT2D eigenvalue weighted by Gasteiger charge is -2.30. The van der Waals surface area contributed by atoms with Crippen LogP contribution in [0.1, 0.15) is 46.0 Å². The van der Waals surface area contributed by atoms with Gasteiger partial charge in [0.2, 0.25) is 0 Å². The van der Waals surface area contributed by atoms with Crippen LogP contribution in [-0.4, -0.2) is 34.9 Å². The molecular weight excluding hydrogens is 194 g/mol. The summed E-state index contributed by atoms with van der Waals surface area (Å²) < 4.78 is 0. The molecule has 0 amide bonds. The van der Waals surface area contributed by atoms with Gasteiger partial charge in [0.1, 0.15) is 5.54 Å². The molecule has 90 valence electrons. The molecule has 3 N–H and O–H groups in total. The number of aliphatic hydroxyl groups excluding tert-OH is 1. The van der Waals surface area contributed by atoms with Crippen molar-refractivity contribution in [2.75, 3.05) is 13.2 Å². The summed E-state index contributed by atoms with van der Waals surface area (Å²) in [5.74, 6) is -0.774. The predicted molar refractivity (Wildman–Crippen MR) is 59.9 cm³/mol. The number of carboxylic acids is 1. The van der Waals surface area contributed by atoms with Crippen LogP contribution < -0.4 is 5.32 Å². The normalized spacial score (nSPS) is 11.7. The molecule has 15 heavy (non-hydrogen) atoms. The molecule has 0 atom stereocenters. The highest BCUT2D eigenvalue weighted by Gasteiger charge is 2.35. The number of rotatable bonds is 9. The van der Waals surface area contributed by atoms with Crippen molar-refractivity contribution in [1.82, 2.24) is 5.32 Å². The summed E-state index contributed by atoms with van der Waals surface area (Å²) in [4.78, 5) is 11.3. The minimum Gasteiger partial charge on any atom is -0.480 e. The van der Waals surface area contributed by atoms with Gasteiger partial charge in [-0.1, -0.05) is 26.7 Å². The van der Waals surface area contributed by atoms with Crippen molar-refractivity contribution in [3.8, 4) is 0 Å². The second-order valence-corrected chi connectivity index (χ2v) is 3.89. The molecule has 0 aromatic rings. The molecule has 0 spiro atoms. The summed E-state index contributed by atoms with van der Waals surface area (Å²) >= 11 is 0. The third kappa shape index (κ3) is 4.62. The lowest BCUT2D eigenvalue weighted by atomic mass is 9.88. The summed E-state index contributed by atoms with van der Waals surface area (Å²) in [5, 5.41) is 21.0. The first kappa shape index (κ1) is 14.4. The molecule has 0 rings (SSSR count). The van der Waals surface area contributed by atoms with Crippen LogP contribution in [0.2, 0.25) is 0 Å².